The lowest BCUT2D eigenvalue weighted by Crippen LogP contribution is -2.35. The molecule has 0 aromatic carbocycles. The average Bonchev–Trinajstić information content (AvgIpc) is 2.56. The summed E-state index contributed by atoms with van der Waals surface area (Å²) in [5.41, 5.74) is 1.68. The zero-order valence-corrected chi connectivity index (χ0v) is 10.9. The third-order valence-electron chi connectivity index (χ3n) is 2.02. The van der Waals surface area contributed by atoms with Crippen molar-refractivity contribution in [3.8, 4) is 0 Å². The summed E-state index contributed by atoms with van der Waals surface area (Å²) in [5, 5.41) is 6.31. The molecule has 0 spiro atoms. The Morgan fingerprint density at radius 3 is 2.85 bits per heavy atom. The van der Waals surface area contributed by atoms with Crippen LogP contribution in [0.3, 0.4) is 0 Å². The second kappa shape index (κ2) is 3.57. The predicted molar refractivity (Wildman–Crippen MR) is 64.4 cm³/mol. The molecule has 2 heterocycles. The molecule has 0 saturated carbocycles. The SMILES string of the molecule is CC1(C)CSC(c2csc(Br)c2)N1. The Balaban J connectivity index is 2.12. The molecule has 0 radical (unpaired) electrons. The Labute approximate surface area is 95.4 Å². The van der Waals surface area contributed by atoms with Gasteiger partial charge in [-0.2, -0.15) is 0 Å². The van der Waals surface area contributed by atoms with Crippen LogP contribution >= 0.6 is 39.0 Å². The summed E-state index contributed by atoms with van der Waals surface area (Å²) < 4.78 is 1.22. The molecule has 2 rings (SSSR count). The standard InChI is InChI=1S/C9H12BrNS2/c1-9(2)5-13-8(11-9)6-3-7(10)12-4-6/h3-4,8,11H,5H2,1-2H3. The van der Waals surface area contributed by atoms with Gasteiger partial charge in [0.25, 0.3) is 0 Å². The van der Waals surface area contributed by atoms with E-state index in [2.05, 4.69) is 46.5 Å². The van der Waals surface area contributed by atoms with Crippen LogP contribution < -0.4 is 5.32 Å². The number of thiophene rings is 1. The van der Waals surface area contributed by atoms with Crippen molar-refractivity contribution >= 4 is 39.0 Å². The van der Waals surface area contributed by atoms with Gasteiger partial charge in [-0.15, -0.1) is 23.1 Å². The summed E-state index contributed by atoms with van der Waals surface area (Å²) in [6, 6.07) is 2.21. The van der Waals surface area contributed by atoms with E-state index in [0.29, 0.717) is 5.37 Å². The van der Waals surface area contributed by atoms with Crippen LogP contribution in [0.25, 0.3) is 0 Å². The Morgan fingerprint density at radius 2 is 2.38 bits per heavy atom. The molecule has 1 nitrogen and oxygen atoms in total. The molecule has 1 atom stereocenters. The molecule has 0 aliphatic carbocycles. The molecule has 1 aliphatic rings. The van der Waals surface area contributed by atoms with Gasteiger partial charge in [0.05, 0.1) is 9.16 Å². The molecule has 1 fully saturated rings. The number of hydrogen-bond donors (Lipinski definition) is 1. The lowest BCUT2D eigenvalue weighted by atomic mass is 10.1. The minimum absolute atomic E-state index is 0.281. The zero-order valence-electron chi connectivity index (χ0n) is 7.63. The highest BCUT2D eigenvalue weighted by atomic mass is 79.9. The molecule has 0 bridgehead atoms. The summed E-state index contributed by atoms with van der Waals surface area (Å²) >= 11 is 7.23. The smallest absolute Gasteiger partial charge is 0.0802 e. The van der Waals surface area contributed by atoms with E-state index >= 15 is 0 Å². The van der Waals surface area contributed by atoms with Gasteiger partial charge in [0.2, 0.25) is 0 Å². The molecule has 72 valence electrons. The fourth-order valence-corrected chi connectivity index (χ4v) is 4.06. The van der Waals surface area contributed by atoms with Crippen molar-refractivity contribution < 1.29 is 0 Å². The van der Waals surface area contributed by atoms with E-state index in [9.17, 15) is 0 Å². The van der Waals surface area contributed by atoms with Crippen LogP contribution in [0, 0.1) is 0 Å². The van der Waals surface area contributed by atoms with E-state index in [1.165, 1.54) is 15.1 Å². The molecule has 1 aromatic rings. The maximum atomic E-state index is 3.61. The third kappa shape index (κ3) is 2.29. The summed E-state index contributed by atoms with van der Waals surface area (Å²) in [4.78, 5) is 0. The maximum Gasteiger partial charge on any atom is 0.0802 e. The lowest BCUT2D eigenvalue weighted by Gasteiger charge is -2.18. The van der Waals surface area contributed by atoms with Crippen molar-refractivity contribution in [2.45, 2.75) is 24.8 Å². The van der Waals surface area contributed by atoms with Crippen molar-refractivity contribution in [2.75, 3.05) is 5.75 Å². The Bertz CT molecular complexity index is 308. The van der Waals surface area contributed by atoms with Crippen molar-refractivity contribution in [3.05, 3.63) is 20.8 Å². The van der Waals surface area contributed by atoms with Gasteiger partial charge in [-0.05, 0) is 46.8 Å². The van der Waals surface area contributed by atoms with Gasteiger partial charge in [-0.3, -0.25) is 5.32 Å². The van der Waals surface area contributed by atoms with E-state index in [1.54, 1.807) is 11.3 Å². The fraction of sp³-hybridized carbons (Fsp3) is 0.556. The third-order valence-corrected chi connectivity index (χ3v) is 5.16. The second-order valence-corrected chi connectivity index (χ2v) is 7.29. The van der Waals surface area contributed by atoms with Gasteiger partial charge in [0, 0.05) is 11.3 Å². The first-order chi connectivity index (χ1) is 6.07. The van der Waals surface area contributed by atoms with Gasteiger partial charge in [-0.25, -0.2) is 0 Å². The normalized spacial score (nSPS) is 26.5. The van der Waals surface area contributed by atoms with E-state index in [0.717, 1.165) is 0 Å². The topological polar surface area (TPSA) is 12.0 Å². The lowest BCUT2D eigenvalue weighted by molar-refractivity contribution is 0.452. The van der Waals surface area contributed by atoms with E-state index in [4.69, 9.17) is 0 Å². The Kier molecular flexibility index (Phi) is 2.75. The van der Waals surface area contributed by atoms with E-state index in [1.807, 2.05) is 11.8 Å². The highest BCUT2D eigenvalue weighted by molar-refractivity contribution is 9.11. The highest BCUT2D eigenvalue weighted by Gasteiger charge is 2.31. The van der Waals surface area contributed by atoms with Gasteiger partial charge in [-0.1, -0.05) is 0 Å². The quantitative estimate of drug-likeness (QED) is 0.842. The minimum Gasteiger partial charge on any atom is -0.296 e. The van der Waals surface area contributed by atoms with Crippen LogP contribution in [0.5, 0.6) is 0 Å². The van der Waals surface area contributed by atoms with Crippen LogP contribution in [-0.2, 0) is 0 Å². The summed E-state index contributed by atoms with van der Waals surface area (Å²) in [7, 11) is 0. The minimum atomic E-state index is 0.281. The van der Waals surface area contributed by atoms with Gasteiger partial charge < -0.3 is 0 Å². The summed E-state index contributed by atoms with van der Waals surface area (Å²) in [6.45, 7) is 4.50. The fourth-order valence-electron chi connectivity index (χ4n) is 1.37. The molecule has 4 heteroatoms. The molecular weight excluding hydrogens is 266 g/mol. The molecule has 13 heavy (non-hydrogen) atoms. The zero-order chi connectivity index (χ0) is 9.47. The van der Waals surface area contributed by atoms with E-state index < -0.39 is 0 Å². The molecular formula is C9H12BrNS2. The average molecular weight is 278 g/mol. The molecule has 0 amide bonds. The molecule has 1 unspecified atom stereocenters. The number of thioether (sulfide) groups is 1. The van der Waals surface area contributed by atoms with Crippen molar-refractivity contribution in [1.82, 2.24) is 5.32 Å². The first-order valence-electron chi connectivity index (χ1n) is 4.20. The molecule has 1 aliphatic heterocycles. The van der Waals surface area contributed by atoms with Crippen LogP contribution in [0.1, 0.15) is 24.8 Å². The van der Waals surface area contributed by atoms with Crippen LogP contribution in [0.15, 0.2) is 15.2 Å². The number of hydrogen-bond acceptors (Lipinski definition) is 3. The van der Waals surface area contributed by atoms with Crippen LogP contribution in [0.4, 0.5) is 0 Å². The monoisotopic (exact) mass is 277 g/mol. The number of nitrogens with one attached hydrogen (secondary N) is 1. The van der Waals surface area contributed by atoms with Crippen molar-refractivity contribution in [1.29, 1.82) is 0 Å². The Morgan fingerprint density at radius 1 is 1.62 bits per heavy atom. The van der Waals surface area contributed by atoms with Crippen molar-refractivity contribution in [2.24, 2.45) is 0 Å². The summed E-state index contributed by atoms with van der Waals surface area (Å²) in [6.07, 6.45) is 0. The van der Waals surface area contributed by atoms with Gasteiger partial charge >= 0.3 is 0 Å². The van der Waals surface area contributed by atoms with E-state index in [-0.39, 0.29) is 5.54 Å². The number of halogens is 1. The molecule has 1 aromatic heterocycles. The highest BCUT2D eigenvalue weighted by Crippen LogP contribution is 2.39. The Hall–Kier alpha value is 0.490. The first-order valence-corrected chi connectivity index (χ1v) is 6.92. The van der Waals surface area contributed by atoms with Gasteiger partial charge in [0.15, 0.2) is 0 Å². The summed E-state index contributed by atoms with van der Waals surface area (Å²) in [5.74, 6) is 1.19. The largest absolute Gasteiger partial charge is 0.296 e. The van der Waals surface area contributed by atoms with Crippen LogP contribution in [0.2, 0.25) is 0 Å². The maximum absolute atomic E-state index is 3.61. The van der Waals surface area contributed by atoms with Gasteiger partial charge in [0.1, 0.15) is 0 Å². The number of rotatable bonds is 1. The van der Waals surface area contributed by atoms with Crippen LogP contribution in [-0.4, -0.2) is 11.3 Å². The molecule has 1 N–H and O–H groups in total. The van der Waals surface area contributed by atoms with Crippen molar-refractivity contribution in [3.63, 3.8) is 0 Å². The predicted octanol–water partition coefficient (Wildman–Crippen LogP) is 3.62. The second-order valence-electron chi connectivity index (χ2n) is 3.90. The molecule has 1 saturated heterocycles. The first kappa shape index (κ1) is 10.0.